The molecule has 0 N–H and O–H groups in total. The summed E-state index contributed by atoms with van der Waals surface area (Å²) in [5.41, 5.74) is 2.60. The number of carbonyl (C=O) groups is 3. The number of anilines is 1. The lowest BCUT2D eigenvalue weighted by Crippen LogP contribution is -2.28. The molecule has 1 fully saturated rings. The van der Waals surface area contributed by atoms with Crippen molar-refractivity contribution in [1.82, 2.24) is 9.78 Å². The Hall–Kier alpha value is -3.74. The Morgan fingerprint density at radius 3 is 2.18 bits per heavy atom. The van der Waals surface area contributed by atoms with Gasteiger partial charge in [-0.2, -0.15) is 5.10 Å². The summed E-state index contributed by atoms with van der Waals surface area (Å²) in [5, 5.41) is 4.16. The van der Waals surface area contributed by atoms with Gasteiger partial charge in [-0.25, -0.2) is 9.48 Å². The van der Waals surface area contributed by atoms with E-state index in [-0.39, 0.29) is 31.3 Å². The van der Waals surface area contributed by atoms with Crippen molar-refractivity contribution in [2.45, 2.75) is 19.4 Å². The lowest BCUT2D eigenvalue weighted by molar-refractivity contribution is -0.121. The van der Waals surface area contributed by atoms with E-state index in [4.69, 9.17) is 4.74 Å². The van der Waals surface area contributed by atoms with Gasteiger partial charge in [0.1, 0.15) is 6.61 Å². The molecule has 140 valence electrons. The molecule has 7 heteroatoms. The predicted molar refractivity (Wildman–Crippen MR) is 101 cm³/mol. The van der Waals surface area contributed by atoms with E-state index in [1.807, 2.05) is 36.5 Å². The van der Waals surface area contributed by atoms with Crippen molar-refractivity contribution in [3.05, 3.63) is 78.1 Å². The van der Waals surface area contributed by atoms with Crippen LogP contribution in [0.4, 0.5) is 5.69 Å². The van der Waals surface area contributed by atoms with Gasteiger partial charge in [0.05, 0.1) is 16.9 Å². The second-order valence-corrected chi connectivity index (χ2v) is 6.36. The molecule has 2 amide bonds. The van der Waals surface area contributed by atoms with Gasteiger partial charge in [0, 0.05) is 25.2 Å². The molecule has 7 nitrogen and oxygen atoms in total. The van der Waals surface area contributed by atoms with Gasteiger partial charge < -0.3 is 4.74 Å². The van der Waals surface area contributed by atoms with Crippen LogP contribution in [0.3, 0.4) is 0 Å². The minimum atomic E-state index is -0.471. The summed E-state index contributed by atoms with van der Waals surface area (Å²) in [6, 6.07) is 15.7. The summed E-state index contributed by atoms with van der Waals surface area (Å²) in [6.07, 6.45) is 4.00. The quantitative estimate of drug-likeness (QED) is 0.506. The number of amides is 2. The van der Waals surface area contributed by atoms with Crippen molar-refractivity contribution < 1.29 is 19.1 Å². The number of hydrogen-bond acceptors (Lipinski definition) is 5. The molecule has 0 spiro atoms. The highest BCUT2D eigenvalue weighted by Crippen LogP contribution is 2.23. The van der Waals surface area contributed by atoms with Gasteiger partial charge in [0.2, 0.25) is 11.8 Å². The Morgan fingerprint density at radius 2 is 1.57 bits per heavy atom. The van der Waals surface area contributed by atoms with E-state index in [1.165, 1.54) is 0 Å². The second kappa shape index (κ2) is 7.48. The number of esters is 1. The second-order valence-electron chi connectivity index (χ2n) is 6.36. The van der Waals surface area contributed by atoms with Crippen LogP contribution in [0.1, 0.15) is 28.8 Å². The summed E-state index contributed by atoms with van der Waals surface area (Å²) < 4.78 is 7.09. The average molecular weight is 375 g/mol. The van der Waals surface area contributed by atoms with Crippen molar-refractivity contribution >= 4 is 23.5 Å². The number of aromatic nitrogens is 2. The van der Waals surface area contributed by atoms with Gasteiger partial charge in [-0.05, 0) is 48.0 Å². The molecule has 1 aliphatic heterocycles. The first-order valence-electron chi connectivity index (χ1n) is 8.84. The molecule has 2 aromatic carbocycles. The van der Waals surface area contributed by atoms with Crippen LogP contribution in [0, 0.1) is 0 Å². The van der Waals surface area contributed by atoms with E-state index < -0.39 is 5.97 Å². The molecule has 0 aliphatic carbocycles. The molecule has 4 rings (SSSR count). The first-order chi connectivity index (χ1) is 13.6. The normalized spacial score (nSPS) is 13.8. The SMILES string of the molecule is O=C(OCc1ccc(-n2cccn2)cc1)c1ccc(N2C(=O)CCC2=O)cc1. The molecule has 1 saturated heterocycles. The third kappa shape index (κ3) is 3.55. The molecular formula is C21H17N3O4. The third-order valence-corrected chi connectivity index (χ3v) is 4.49. The topological polar surface area (TPSA) is 81.5 Å². The molecule has 0 radical (unpaired) electrons. The Bertz CT molecular complexity index is 993. The highest BCUT2D eigenvalue weighted by molar-refractivity contribution is 6.19. The maximum absolute atomic E-state index is 12.2. The summed E-state index contributed by atoms with van der Waals surface area (Å²) in [7, 11) is 0. The molecular weight excluding hydrogens is 358 g/mol. The van der Waals surface area contributed by atoms with E-state index in [0.29, 0.717) is 11.3 Å². The van der Waals surface area contributed by atoms with Gasteiger partial charge in [0.25, 0.3) is 0 Å². The van der Waals surface area contributed by atoms with Crippen LogP contribution in [-0.2, 0) is 20.9 Å². The monoisotopic (exact) mass is 375 g/mol. The van der Waals surface area contributed by atoms with Crippen LogP contribution in [0.5, 0.6) is 0 Å². The Morgan fingerprint density at radius 1 is 0.929 bits per heavy atom. The maximum Gasteiger partial charge on any atom is 0.338 e. The number of benzene rings is 2. The first kappa shape index (κ1) is 17.7. The first-order valence-corrected chi connectivity index (χ1v) is 8.84. The van der Waals surface area contributed by atoms with Crippen LogP contribution in [0.15, 0.2) is 67.0 Å². The van der Waals surface area contributed by atoms with Gasteiger partial charge in [-0.1, -0.05) is 12.1 Å². The summed E-state index contributed by atoms with van der Waals surface area (Å²) in [4.78, 5) is 36.9. The lowest BCUT2D eigenvalue weighted by atomic mass is 10.2. The zero-order valence-corrected chi connectivity index (χ0v) is 14.9. The van der Waals surface area contributed by atoms with Crippen LogP contribution in [0.2, 0.25) is 0 Å². The number of ether oxygens (including phenoxy) is 1. The van der Waals surface area contributed by atoms with E-state index in [1.54, 1.807) is 35.1 Å². The van der Waals surface area contributed by atoms with Gasteiger partial charge in [0.15, 0.2) is 0 Å². The molecule has 0 atom stereocenters. The molecule has 0 saturated carbocycles. The van der Waals surface area contributed by atoms with Crippen molar-refractivity contribution in [1.29, 1.82) is 0 Å². The Kier molecular flexibility index (Phi) is 4.72. The lowest BCUT2D eigenvalue weighted by Gasteiger charge is -2.14. The van der Waals surface area contributed by atoms with Gasteiger partial charge in [-0.15, -0.1) is 0 Å². The van der Waals surface area contributed by atoms with Crippen LogP contribution in [-0.4, -0.2) is 27.6 Å². The van der Waals surface area contributed by atoms with Crippen LogP contribution >= 0.6 is 0 Å². The van der Waals surface area contributed by atoms with Crippen molar-refractivity contribution in [3.63, 3.8) is 0 Å². The fourth-order valence-corrected chi connectivity index (χ4v) is 3.01. The molecule has 28 heavy (non-hydrogen) atoms. The number of imide groups is 1. The average Bonchev–Trinajstić information content (AvgIpc) is 3.37. The number of rotatable bonds is 5. The van der Waals surface area contributed by atoms with Crippen LogP contribution < -0.4 is 4.90 Å². The predicted octanol–water partition coefficient (Wildman–Crippen LogP) is 2.88. The van der Waals surface area contributed by atoms with E-state index in [0.717, 1.165) is 16.2 Å². The summed E-state index contributed by atoms with van der Waals surface area (Å²) in [6.45, 7) is 0.142. The molecule has 0 unspecified atom stereocenters. The zero-order chi connectivity index (χ0) is 19.5. The molecule has 1 aromatic heterocycles. The Labute approximate surface area is 161 Å². The minimum Gasteiger partial charge on any atom is -0.457 e. The number of carbonyl (C=O) groups excluding carboxylic acids is 3. The number of hydrogen-bond donors (Lipinski definition) is 0. The van der Waals surface area contributed by atoms with Crippen molar-refractivity contribution in [2.75, 3.05) is 4.90 Å². The molecule has 3 aromatic rings. The van der Waals surface area contributed by atoms with E-state index in [9.17, 15) is 14.4 Å². The Balaban J connectivity index is 1.37. The van der Waals surface area contributed by atoms with E-state index >= 15 is 0 Å². The van der Waals surface area contributed by atoms with Gasteiger partial charge >= 0.3 is 5.97 Å². The minimum absolute atomic E-state index is 0.142. The van der Waals surface area contributed by atoms with Crippen LogP contribution in [0.25, 0.3) is 5.69 Å². The zero-order valence-electron chi connectivity index (χ0n) is 14.9. The largest absolute Gasteiger partial charge is 0.457 e. The molecule has 0 bridgehead atoms. The highest BCUT2D eigenvalue weighted by Gasteiger charge is 2.30. The van der Waals surface area contributed by atoms with Crippen molar-refractivity contribution in [2.24, 2.45) is 0 Å². The number of nitrogens with zero attached hydrogens (tertiary/aromatic N) is 3. The fraction of sp³-hybridized carbons (Fsp3) is 0.143. The smallest absolute Gasteiger partial charge is 0.338 e. The fourth-order valence-electron chi connectivity index (χ4n) is 3.01. The van der Waals surface area contributed by atoms with Gasteiger partial charge in [-0.3, -0.25) is 14.5 Å². The van der Waals surface area contributed by atoms with Crippen molar-refractivity contribution in [3.8, 4) is 5.69 Å². The van der Waals surface area contributed by atoms with E-state index in [2.05, 4.69) is 5.10 Å². The molecule has 1 aliphatic rings. The third-order valence-electron chi connectivity index (χ3n) is 4.49. The molecule has 2 heterocycles. The standard InChI is InChI=1S/C21H17N3O4/c25-19-10-11-20(26)24(19)18-8-4-16(5-9-18)21(27)28-14-15-2-6-17(7-3-15)23-13-1-12-22-23/h1-9,12-13H,10-11,14H2. The summed E-state index contributed by atoms with van der Waals surface area (Å²) in [5.74, 6) is -0.917. The summed E-state index contributed by atoms with van der Waals surface area (Å²) >= 11 is 0. The maximum atomic E-state index is 12.2. The highest BCUT2D eigenvalue weighted by atomic mass is 16.5.